The van der Waals surface area contributed by atoms with E-state index in [1.807, 2.05) is 35.0 Å². The van der Waals surface area contributed by atoms with Crippen LogP contribution in [0.2, 0.25) is 0 Å². The van der Waals surface area contributed by atoms with Gasteiger partial charge in [-0.15, -0.1) is 0 Å². The summed E-state index contributed by atoms with van der Waals surface area (Å²) in [6.45, 7) is 1.35. The first-order chi connectivity index (χ1) is 9.93. The van der Waals surface area contributed by atoms with Crippen LogP contribution in [0.1, 0.15) is 0 Å². The SMILES string of the molecule is c1ccc(-c2cncnc2)c(OCCn2ccnc2)c1. The summed E-state index contributed by atoms with van der Waals surface area (Å²) in [7, 11) is 0. The molecule has 1 aromatic carbocycles. The van der Waals surface area contributed by atoms with Gasteiger partial charge in [-0.05, 0) is 6.07 Å². The Balaban J connectivity index is 1.73. The van der Waals surface area contributed by atoms with Gasteiger partial charge in [0.1, 0.15) is 18.7 Å². The van der Waals surface area contributed by atoms with Crippen LogP contribution in [-0.4, -0.2) is 26.1 Å². The maximum atomic E-state index is 5.86. The second-order valence-corrected chi connectivity index (χ2v) is 4.27. The first-order valence-electron chi connectivity index (χ1n) is 6.36. The van der Waals surface area contributed by atoms with Crippen molar-refractivity contribution in [3.8, 4) is 16.9 Å². The van der Waals surface area contributed by atoms with Crippen LogP contribution < -0.4 is 4.74 Å². The molecule has 0 radical (unpaired) electrons. The number of benzene rings is 1. The molecular weight excluding hydrogens is 252 g/mol. The molecule has 0 aliphatic carbocycles. The van der Waals surface area contributed by atoms with Crippen LogP contribution in [0.5, 0.6) is 5.75 Å². The fourth-order valence-corrected chi connectivity index (χ4v) is 1.95. The van der Waals surface area contributed by atoms with Crippen LogP contribution in [0.25, 0.3) is 11.1 Å². The molecule has 3 aromatic rings. The third-order valence-corrected chi connectivity index (χ3v) is 2.92. The molecule has 0 aliphatic heterocycles. The maximum absolute atomic E-state index is 5.86. The van der Waals surface area contributed by atoms with Crippen LogP contribution in [0.4, 0.5) is 0 Å². The average Bonchev–Trinajstić information content (AvgIpc) is 3.02. The van der Waals surface area contributed by atoms with E-state index < -0.39 is 0 Å². The lowest BCUT2D eigenvalue weighted by Gasteiger charge is -2.11. The summed E-state index contributed by atoms with van der Waals surface area (Å²) >= 11 is 0. The highest BCUT2D eigenvalue weighted by molar-refractivity contribution is 5.68. The van der Waals surface area contributed by atoms with Gasteiger partial charge >= 0.3 is 0 Å². The van der Waals surface area contributed by atoms with E-state index in [1.54, 1.807) is 24.9 Å². The highest BCUT2D eigenvalue weighted by Crippen LogP contribution is 2.28. The van der Waals surface area contributed by atoms with E-state index in [4.69, 9.17) is 4.74 Å². The Labute approximate surface area is 116 Å². The molecule has 20 heavy (non-hydrogen) atoms. The van der Waals surface area contributed by atoms with Crippen molar-refractivity contribution in [2.45, 2.75) is 6.54 Å². The molecule has 5 heteroatoms. The maximum Gasteiger partial charge on any atom is 0.127 e. The minimum atomic E-state index is 0.584. The molecule has 0 saturated carbocycles. The van der Waals surface area contributed by atoms with E-state index in [9.17, 15) is 0 Å². The molecule has 2 heterocycles. The fraction of sp³-hybridized carbons (Fsp3) is 0.133. The van der Waals surface area contributed by atoms with Gasteiger partial charge in [0.2, 0.25) is 0 Å². The monoisotopic (exact) mass is 266 g/mol. The lowest BCUT2D eigenvalue weighted by molar-refractivity contribution is 0.299. The van der Waals surface area contributed by atoms with E-state index in [1.165, 1.54) is 6.33 Å². The lowest BCUT2D eigenvalue weighted by atomic mass is 10.1. The Morgan fingerprint density at radius 1 is 1.05 bits per heavy atom. The second-order valence-electron chi connectivity index (χ2n) is 4.27. The number of ether oxygens (including phenoxy) is 1. The van der Waals surface area contributed by atoms with Gasteiger partial charge in [-0.2, -0.15) is 0 Å². The van der Waals surface area contributed by atoms with Gasteiger partial charge in [-0.25, -0.2) is 15.0 Å². The standard InChI is InChI=1S/C15H14N4O/c1-2-4-15(20-8-7-19-6-5-16-12-19)14(3-1)13-9-17-11-18-10-13/h1-6,9-12H,7-8H2. The summed E-state index contributed by atoms with van der Waals surface area (Å²) in [5, 5.41) is 0. The molecule has 0 saturated heterocycles. The smallest absolute Gasteiger partial charge is 0.127 e. The van der Waals surface area contributed by atoms with Crippen LogP contribution in [0.3, 0.4) is 0 Å². The number of hydrogen-bond donors (Lipinski definition) is 0. The summed E-state index contributed by atoms with van der Waals surface area (Å²) in [6.07, 6.45) is 10.5. The Hall–Kier alpha value is -2.69. The predicted octanol–water partition coefficient (Wildman–Crippen LogP) is 2.42. The highest BCUT2D eigenvalue weighted by atomic mass is 16.5. The summed E-state index contributed by atoms with van der Waals surface area (Å²) in [5.41, 5.74) is 1.95. The zero-order valence-electron chi connectivity index (χ0n) is 10.9. The normalized spacial score (nSPS) is 10.4. The molecule has 0 bridgehead atoms. The number of hydrogen-bond acceptors (Lipinski definition) is 4. The summed E-state index contributed by atoms with van der Waals surface area (Å²) in [4.78, 5) is 12.1. The lowest BCUT2D eigenvalue weighted by Crippen LogP contribution is -2.07. The van der Waals surface area contributed by atoms with Crippen molar-refractivity contribution in [1.29, 1.82) is 0 Å². The highest BCUT2D eigenvalue weighted by Gasteiger charge is 2.05. The fourth-order valence-electron chi connectivity index (χ4n) is 1.95. The number of imidazole rings is 1. The van der Waals surface area contributed by atoms with Gasteiger partial charge in [0.25, 0.3) is 0 Å². The van der Waals surface area contributed by atoms with Crippen molar-refractivity contribution < 1.29 is 4.74 Å². The molecule has 0 aliphatic rings. The molecule has 5 nitrogen and oxygen atoms in total. The van der Waals surface area contributed by atoms with Crippen molar-refractivity contribution >= 4 is 0 Å². The van der Waals surface area contributed by atoms with Gasteiger partial charge in [0.15, 0.2) is 0 Å². The van der Waals surface area contributed by atoms with E-state index >= 15 is 0 Å². The first kappa shape index (κ1) is 12.3. The molecular formula is C15H14N4O. The van der Waals surface area contributed by atoms with Gasteiger partial charge in [-0.3, -0.25) is 0 Å². The molecule has 0 fully saturated rings. The van der Waals surface area contributed by atoms with Crippen LogP contribution in [0, 0.1) is 0 Å². The third kappa shape index (κ3) is 2.83. The van der Waals surface area contributed by atoms with Crippen LogP contribution in [-0.2, 0) is 6.54 Å². The topological polar surface area (TPSA) is 52.8 Å². The molecule has 0 atom stereocenters. The van der Waals surface area contributed by atoms with Gasteiger partial charge in [0.05, 0.1) is 12.9 Å². The number of nitrogens with zero attached hydrogens (tertiary/aromatic N) is 4. The summed E-state index contributed by atoms with van der Waals surface area (Å²) in [5.74, 6) is 0.836. The quantitative estimate of drug-likeness (QED) is 0.711. The van der Waals surface area contributed by atoms with Crippen molar-refractivity contribution in [2.24, 2.45) is 0 Å². The molecule has 100 valence electrons. The number of aromatic nitrogens is 4. The van der Waals surface area contributed by atoms with Crippen LogP contribution >= 0.6 is 0 Å². The summed E-state index contributed by atoms with van der Waals surface area (Å²) in [6, 6.07) is 7.90. The zero-order valence-corrected chi connectivity index (χ0v) is 10.9. The Morgan fingerprint density at radius 3 is 2.70 bits per heavy atom. The van der Waals surface area contributed by atoms with Gasteiger partial charge in [-0.1, -0.05) is 18.2 Å². The molecule has 3 rings (SSSR count). The Bertz CT molecular complexity index is 653. The third-order valence-electron chi connectivity index (χ3n) is 2.92. The van der Waals surface area contributed by atoms with E-state index in [2.05, 4.69) is 15.0 Å². The first-order valence-corrected chi connectivity index (χ1v) is 6.36. The number of para-hydroxylation sites is 1. The average molecular weight is 266 g/mol. The van der Waals surface area contributed by atoms with Crippen LogP contribution in [0.15, 0.2) is 61.7 Å². The van der Waals surface area contributed by atoms with E-state index in [0.717, 1.165) is 23.4 Å². The minimum absolute atomic E-state index is 0.584. The zero-order chi connectivity index (χ0) is 13.6. The molecule has 0 N–H and O–H groups in total. The molecule has 0 unspecified atom stereocenters. The van der Waals surface area contributed by atoms with Gasteiger partial charge < -0.3 is 9.30 Å². The van der Waals surface area contributed by atoms with Crippen molar-refractivity contribution in [2.75, 3.05) is 6.61 Å². The predicted molar refractivity (Wildman–Crippen MR) is 75.2 cm³/mol. The summed E-state index contributed by atoms with van der Waals surface area (Å²) < 4.78 is 7.84. The molecule has 0 spiro atoms. The van der Waals surface area contributed by atoms with E-state index in [0.29, 0.717) is 6.61 Å². The van der Waals surface area contributed by atoms with Gasteiger partial charge in [0, 0.05) is 35.9 Å². The van der Waals surface area contributed by atoms with Crippen molar-refractivity contribution in [3.63, 3.8) is 0 Å². The van der Waals surface area contributed by atoms with Crippen molar-refractivity contribution in [3.05, 3.63) is 61.7 Å². The van der Waals surface area contributed by atoms with E-state index in [-0.39, 0.29) is 0 Å². The molecule has 0 amide bonds. The molecule has 2 aromatic heterocycles. The largest absolute Gasteiger partial charge is 0.491 e. The Kier molecular flexibility index (Phi) is 3.68. The second kappa shape index (κ2) is 5.97. The van der Waals surface area contributed by atoms with Crippen molar-refractivity contribution in [1.82, 2.24) is 19.5 Å². The minimum Gasteiger partial charge on any atom is -0.491 e. The number of rotatable bonds is 5. The Morgan fingerprint density at radius 2 is 1.90 bits per heavy atom.